The number of nitrogens with one attached hydrogen (secondary N) is 2. The van der Waals surface area contributed by atoms with E-state index < -0.39 is 21.7 Å². The van der Waals surface area contributed by atoms with Crippen molar-refractivity contribution in [2.45, 2.75) is 6.42 Å². The Hall–Kier alpha value is -1.67. The van der Waals surface area contributed by atoms with Crippen molar-refractivity contribution in [2.75, 3.05) is 25.1 Å². The van der Waals surface area contributed by atoms with Crippen molar-refractivity contribution in [3.05, 3.63) is 29.6 Å². The average Bonchev–Trinajstić information content (AvgIpc) is 2.30. The van der Waals surface area contributed by atoms with Gasteiger partial charge in [-0.1, -0.05) is 0 Å². The molecule has 1 amide bonds. The minimum absolute atomic E-state index is 0.0195. The molecule has 8 heteroatoms. The first-order chi connectivity index (χ1) is 8.79. The van der Waals surface area contributed by atoms with E-state index in [1.807, 2.05) is 0 Å². The summed E-state index contributed by atoms with van der Waals surface area (Å²) in [6, 6.07) is 3.79. The zero-order valence-corrected chi connectivity index (χ0v) is 11.3. The summed E-state index contributed by atoms with van der Waals surface area (Å²) in [6.45, 7) is 0.516. The second-order valence-corrected chi connectivity index (χ2v) is 5.85. The topological polar surface area (TPSA) is 101 Å². The highest BCUT2D eigenvalue weighted by Crippen LogP contribution is 2.11. The first-order valence-electron chi connectivity index (χ1n) is 5.57. The largest absolute Gasteiger partial charge is 0.396 e. The van der Waals surface area contributed by atoms with Gasteiger partial charge in [-0.15, -0.1) is 0 Å². The van der Waals surface area contributed by atoms with E-state index in [0.717, 1.165) is 12.3 Å². The Morgan fingerprint density at radius 3 is 2.63 bits per heavy atom. The van der Waals surface area contributed by atoms with Crippen LogP contribution in [0.15, 0.2) is 18.2 Å². The van der Waals surface area contributed by atoms with E-state index >= 15 is 0 Å². The molecule has 0 bridgehead atoms. The van der Waals surface area contributed by atoms with Gasteiger partial charge >= 0.3 is 0 Å². The number of nitrogens with two attached hydrogens (primary N) is 1. The van der Waals surface area contributed by atoms with Gasteiger partial charge in [-0.05, 0) is 24.6 Å². The van der Waals surface area contributed by atoms with Crippen LogP contribution in [0.2, 0.25) is 0 Å². The van der Waals surface area contributed by atoms with Crippen molar-refractivity contribution in [3.8, 4) is 0 Å². The molecule has 1 rings (SSSR count). The summed E-state index contributed by atoms with van der Waals surface area (Å²) in [5.74, 6) is -1.08. The first-order valence-corrected chi connectivity index (χ1v) is 7.46. The summed E-state index contributed by atoms with van der Waals surface area (Å²) in [5, 5.41) is 2.55. The fraction of sp³-hybridized carbons (Fsp3) is 0.364. The summed E-state index contributed by atoms with van der Waals surface area (Å²) < 4.78 is 37.0. The van der Waals surface area contributed by atoms with Crippen molar-refractivity contribution in [1.82, 2.24) is 10.0 Å². The zero-order valence-electron chi connectivity index (χ0n) is 10.4. The molecule has 19 heavy (non-hydrogen) atoms. The lowest BCUT2D eigenvalue weighted by Gasteiger charge is -2.06. The summed E-state index contributed by atoms with van der Waals surface area (Å²) in [5.41, 5.74) is 5.45. The number of hydrogen-bond acceptors (Lipinski definition) is 4. The number of carbonyl (C=O) groups excluding carboxylic acids is 1. The van der Waals surface area contributed by atoms with Gasteiger partial charge in [-0.25, -0.2) is 17.5 Å². The van der Waals surface area contributed by atoms with Gasteiger partial charge < -0.3 is 11.1 Å². The van der Waals surface area contributed by atoms with Crippen LogP contribution >= 0.6 is 0 Å². The lowest BCUT2D eigenvalue weighted by atomic mass is 10.2. The molecule has 0 aliphatic rings. The summed E-state index contributed by atoms with van der Waals surface area (Å²) in [4.78, 5) is 11.6. The highest BCUT2D eigenvalue weighted by Gasteiger charge is 2.07. The quantitative estimate of drug-likeness (QED) is 0.510. The second-order valence-electron chi connectivity index (χ2n) is 4.01. The minimum Gasteiger partial charge on any atom is -0.396 e. The number of anilines is 1. The predicted molar refractivity (Wildman–Crippen MR) is 70.6 cm³/mol. The number of amides is 1. The van der Waals surface area contributed by atoms with Crippen LogP contribution in [0.25, 0.3) is 0 Å². The molecule has 0 aromatic heterocycles. The van der Waals surface area contributed by atoms with Crippen LogP contribution in [0.4, 0.5) is 10.1 Å². The molecule has 4 N–H and O–H groups in total. The number of sulfonamides is 1. The molecule has 6 nitrogen and oxygen atoms in total. The van der Waals surface area contributed by atoms with Gasteiger partial charge in [0.25, 0.3) is 5.91 Å². The van der Waals surface area contributed by atoms with Gasteiger partial charge in [0.2, 0.25) is 10.0 Å². The maximum absolute atomic E-state index is 13.1. The Bertz CT molecular complexity index is 560. The molecule has 106 valence electrons. The SMILES string of the molecule is CS(=O)(=O)NCCCNC(=O)c1ccc(N)c(F)c1. The number of rotatable bonds is 6. The Labute approximate surface area is 111 Å². The molecule has 1 aromatic rings. The van der Waals surface area contributed by atoms with E-state index in [9.17, 15) is 17.6 Å². The molecule has 0 saturated heterocycles. The van der Waals surface area contributed by atoms with Gasteiger partial charge in [0, 0.05) is 18.7 Å². The highest BCUT2D eigenvalue weighted by molar-refractivity contribution is 7.88. The lowest BCUT2D eigenvalue weighted by Crippen LogP contribution is -2.29. The molecule has 0 heterocycles. The number of halogens is 1. The maximum atomic E-state index is 13.1. The smallest absolute Gasteiger partial charge is 0.251 e. The minimum atomic E-state index is -3.21. The van der Waals surface area contributed by atoms with E-state index in [1.54, 1.807) is 0 Å². The third-order valence-corrected chi connectivity index (χ3v) is 2.99. The Balaban J connectivity index is 2.37. The summed E-state index contributed by atoms with van der Waals surface area (Å²) >= 11 is 0. The van der Waals surface area contributed by atoms with Gasteiger partial charge in [-0.3, -0.25) is 4.79 Å². The molecule has 0 aliphatic heterocycles. The van der Waals surface area contributed by atoms with E-state index in [4.69, 9.17) is 5.73 Å². The fourth-order valence-corrected chi connectivity index (χ4v) is 1.83. The number of carbonyl (C=O) groups is 1. The van der Waals surface area contributed by atoms with Gasteiger partial charge in [-0.2, -0.15) is 0 Å². The molecule has 0 saturated carbocycles. The lowest BCUT2D eigenvalue weighted by molar-refractivity contribution is 0.0953. The molecule has 0 aliphatic carbocycles. The van der Waals surface area contributed by atoms with E-state index in [1.165, 1.54) is 12.1 Å². The molecular formula is C11H16FN3O3S. The average molecular weight is 289 g/mol. The van der Waals surface area contributed by atoms with Gasteiger partial charge in [0.15, 0.2) is 0 Å². The van der Waals surface area contributed by atoms with Crippen molar-refractivity contribution in [1.29, 1.82) is 0 Å². The van der Waals surface area contributed by atoms with Crippen LogP contribution < -0.4 is 15.8 Å². The zero-order chi connectivity index (χ0) is 14.5. The number of benzene rings is 1. The Morgan fingerprint density at radius 1 is 1.37 bits per heavy atom. The van der Waals surface area contributed by atoms with Crippen molar-refractivity contribution in [2.24, 2.45) is 0 Å². The first kappa shape index (κ1) is 15.4. The molecule has 0 atom stereocenters. The van der Waals surface area contributed by atoms with E-state index in [-0.39, 0.29) is 24.3 Å². The molecule has 0 unspecified atom stereocenters. The van der Waals surface area contributed by atoms with Crippen LogP contribution in [0.1, 0.15) is 16.8 Å². The fourth-order valence-electron chi connectivity index (χ4n) is 1.32. The van der Waals surface area contributed by atoms with E-state index in [2.05, 4.69) is 10.0 Å². The Morgan fingerprint density at radius 2 is 2.05 bits per heavy atom. The van der Waals surface area contributed by atoms with Crippen molar-refractivity contribution >= 4 is 21.6 Å². The van der Waals surface area contributed by atoms with Crippen LogP contribution in [-0.2, 0) is 10.0 Å². The third kappa shape index (κ3) is 5.66. The standard InChI is InChI=1S/C11H16FN3O3S/c1-19(17,18)15-6-2-5-14-11(16)8-3-4-10(13)9(12)7-8/h3-4,7,15H,2,5-6,13H2,1H3,(H,14,16). The molecule has 1 aromatic carbocycles. The normalized spacial score (nSPS) is 11.3. The summed E-state index contributed by atoms with van der Waals surface area (Å²) in [6.07, 6.45) is 1.50. The number of hydrogen-bond donors (Lipinski definition) is 3. The summed E-state index contributed by atoms with van der Waals surface area (Å²) in [7, 11) is -3.21. The van der Waals surface area contributed by atoms with Gasteiger partial charge in [0.1, 0.15) is 5.82 Å². The molecule has 0 spiro atoms. The molecule has 0 fully saturated rings. The second kappa shape index (κ2) is 6.48. The van der Waals surface area contributed by atoms with Gasteiger partial charge in [0.05, 0.1) is 11.9 Å². The van der Waals surface area contributed by atoms with Crippen LogP contribution in [0, 0.1) is 5.82 Å². The number of nitrogen functional groups attached to an aromatic ring is 1. The van der Waals surface area contributed by atoms with Crippen LogP contribution in [-0.4, -0.2) is 33.7 Å². The predicted octanol–water partition coefficient (Wildman–Crippen LogP) is 0.0770. The molecular weight excluding hydrogens is 273 g/mol. The monoisotopic (exact) mass is 289 g/mol. The van der Waals surface area contributed by atoms with Crippen molar-refractivity contribution < 1.29 is 17.6 Å². The van der Waals surface area contributed by atoms with Crippen LogP contribution in [0.5, 0.6) is 0 Å². The van der Waals surface area contributed by atoms with Crippen LogP contribution in [0.3, 0.4) is 0 Å². The molecule has 0 radical (unpaired) electrons. The van der Waals surface area contributed by atoms with E-state index in [0.29, 0.717) is 6.42 Å². The Kier molecular flexibility index (Phi) is 5.25. The maximum Gasteiger partial charge on any atom is 0.251 e. The van der Waals surface area contributed by atoms with Crippen molar-refractivity contribution in [3.63, 3.8) is 0 Å². The third-order valence-electron chi connectivity index (χ3n) is 2.27. The highest BCUT2D eigenvalue weighted by atomic mass is 32.2.